The molecule has 0 saturated heterocycles. The van der Waals surface area contributed by atoms with Crippen LogP contribution in [0.25, 0.3) is 0 Å². The Morgan fingerprint density at radius 2 is 2.16 bits per heavy atom. The van der Waals surface area contributed by atoms with Gasteiger partial charge in [-0.1, -0.05) is 22.0 Å². The van der Waals surface area contributed by atoms with Crippen LogP contribution in [0.4, 0.5) is 5.69 Å². The molecule has 4 nitrogen and oxygen atoms in total. The summed E-state index contributed by atoms with van der Waals surface area (Å²) in [4.78, 5) is 12.1. The minimum Gasteiger partial charge on any atom is -0.326 e. The maximum Gasteiger partial charge on any atom is 0.227 e. The molecule has 0 heterocycles. The van der Waals surface area contributed by atoms with Gasteiger partial charge in [-0.2, -0.15) is 5.26 Å². The van der Waals surface area contributed by atoms with E-state index < -0.39 is 5.54 Å². The molecule has 1 saturated carbocycles. The number of benzene rings is 1. The highest BCUT2D eigenvalue weighted by Crippen LogP contribution is 2.30. The number of halogens is 1. The lowest BCUT2D eigenvalue weighted by atomic mass is 9.77. The first kappa shape index (κ1) is 14.0. The van der Waals surface area contributed by atoms with Crippen molar-refractivity contribution in [2.24, 2.45) is 11.7 Å². The Morgan fingerprint density at radius 1 is 1.47 bits per heavy atom. The van der Waals surface area contributed by atoms with E-state index in [2.05, 4.69) is 27.3 Å². The SMILES string of the molecule is N#CC1(N)CCC(C(=O)Nc2cccc(Br)c2)CC1. The Morgan fingerprint density at radius 3 is 2.74 bits per heavy atom. The standard InChI is InChI=1S/C14H16BrN3O/c15-11-2-1-3-12(8-11)18-13(19)10-4-6-14(17,9-16)7-5-10/h1-3,8,10H,4-7,17H2,(H,18,19). The molecule has 2 rings (SSSR count). The number of carbonyl (C=O) groups is 1. The Labute approximate surface area is 121 Å². The van der Waals surface area contributed by atoms with Gasteiger partial charge in [-0.3, -0.25) is 4.79 Å². The van der Waals surface area contributed by atoms with Crippen LogP contribution < -0.4 is 11.1 Å². The predicted molar refractivity (Wildman–Crippen MR) is 77.3 cm³/mol. The molecule has 100 valence electrons. The summed E-state index contributed by atoms with van der Waals surface area (Å²) in [7, 11) is 0. The molecular formula is C14H16BrN3O. The Balaban J connectivity index is 1.94. The van der Waals surface area contributed by atoms with E-state index >= 15 is 0 Å². The number of nitrogens with two attached hydrogens (primary N) is 1. The third-order valence-corrected chi connectivity index (χ3v) is 4.06. The summed E-state index contributed by atoms with van der Waals surface area (Å²) in [5.41, 5.74) is 5.93. The van der Waals surface area contributed by atoms with Crippen LogP contribution in [-0.4, -0.2) is 11.4 Å². The van der Waals surface area contributed by atoms with E-state index in [-0.39, 0.29) is 11.8 Å². The average Bonchev–Trinajstić information content (AvgIpc) is 2.39. The first-order valence-corrected chi connectivity index (χ1v) is 7.08. The molecule has 1 aromatic carbocycles. The summed E-state index contributed by atoms with van der Waals surface area (Å²) in [5, 5.41) is 11.9. The van der Waals surface area contributed by atoms with E-state index in [1.807, 2.05) is 24.3 Å². The topological polar surface area (TPSA) is 78.9 Å². The quantitative estimate of drug-likeness (QED) is 0.879. The average molecular weight is 322 g/mol. The number of nitriles is 1. The molecule has 5 heteroatoms. The van der Waals surface area contributed by atoms with Crippen LogP contribution in [0.3, 0.4) is 0 Å². The molecule has 0 unspecified atom stereocenters. The maximum atomic E-state index is 12.1. The largest absolute Gasteiger partial charge is 0.326 e. The van der Waals surface area contributed by atoms with Gasteiger partial charge in [0.15, 0.2) is 0 Å². The summed E-state index contributed by atoms with van der Waals surface area (Å²) < 4.78 is 0.930. The molecule has 0 atom stereocenters. The van der Waals surface area contributed by atoms with Crippen molar-refractivity contribution < 1.29 is 4.79 Å². The van der Waals surface area contributed by atoms with Crippen LogP contribution in [0.2, 0.25) is 0 Å². The number of anilines is 1. The van der Waals surface area contributed by atoms with Gasteiger partial charge in [0, 0.05) is 16.1 Å². The number of nitrogens with one attached hydrogen (secondary N) is 1. The Hall–Kier alpha value is -1.38. The molecule has 3 N–H and O–H groups in total. The van der Waals surface area contributed by atoms with Gasteiger partial charge in [0.1, 0.15) is 5.54 Å². The lowest BCUT2D eigenvalue weighted by molar-refractivity contribution is -0.120. The molecule has 1 fully saturated rings. The van der Waals surface area contributed by atoms with Crippen LogP contribution in [0.15, 0.2) is 28.7 Å². The van der Waals surface area contributed by atoms with Gasteiger partial charge in [0.05, 0.1) is 6.07 Å². The van der Waals surface area contributed by atoms with Gasteiger partial charge in [0.2, 0.25) is 5.91 Å². The van der Waals surface area contributed by atoms with E-state index in [0.29, 0.717) is 25.7 Å². The summed E-state index contributed by atoms with van der Waals surface area (Å²) in [5.74, 6) is -0.0397. The van der Waals surface area contributed by atoms with Gasteiger partial charge in [0.25, 0.3) is 0 Å². The molecule has 0 aromatic heterocycles. The molecule has 0 bridgehead atoms. The lowest BCUT2D eigenvalue weighted by Crippen LogP contribution is -2.43. The smallest absolute Gasteiger partial charge is 0.227 e. The van der Waals surface area contributed by atoms with Crippen LogP contribution in [0, 0.1) is 17.2 Å². The zero-order valence-electron chi connectivity index (χ0n) is 10.5. The Kier molecular flexibility index (Phi) is 4.23. The van der Waals surface area contributed by atoms with Crippen molar-refractivity contribution in [2.75, 3.05) is 5.32 Å². The van der Waals surface area contributed by atoms with Gasteiger partial charge in [-0.25, -0.2) is 0 Å². The first-order valence-electron chi connectivity index (χ1n) is 6.29. The van der Waals surface area contributed by atoms with Crippen molar-refractivity contribution in [3.63, 3.8) is 0 Å². The molecule has 1 aliphatic carbocycles. The van der Waals surface area contributed by atoms with Crippen molar-refractivity contribution in [3.8, 4) is 6.07 Å². The fourth-order valence-corrected chi connectivity index (χ4v) is 2.72. The molecule has 1 aliphatic rings. The van der Waals surface area contributed by atoms with Crippen LogP contribution in [-0.2, 0) is 4.79 Å². The summed E-state index contributed by atoms with van der Waals surface area (Å²) in [6.45, 7) is 0. The second-order valence-corrected chi connectivity index (χ2v) is 5.96. The molecule has 0 radical (unpaired) electrons. The Bertz CT molecular complexity index is 516. The fourth-order valence-electron chi connectivity index (χ4n) is 2.32. The van der Waals surface area contributed by atoms with E-state index in [1.165, 1.54) is 0 Å². The zero-order chi connectivity index (χ0) is 13.9. The summed E-state index contributed by atoms with van der Waals surface area (Å²) in [6.07, 6.45) is 2.51. The highest BCUT2D eigenvalue weighted by molar-refractivity contribution is 9.10. The number of hydrogen-bond donors (Lipinski definition) is 2. The summed E-state index contributed by atoms with van der Waals surface area (Å²) >= 11 is 3.37. The minimum absolute atomic E-state index is 0.0121. The lowest BCUT2D eigenvalue weighted by Gasteiger charge is -2.30. The number of rotatable bonds is 2. The van der Waals surface area contributed by atoms with Crippen LogP contribution >= 0.6 is 15.9 Å². The highest BCUT2D eigenvalue weighted by atomic mass is 79.9. The van der Waals surface area contributed by atoms with Gasteiger partial charge in [-0.15, -0.1) is 0 Å². The van der Waals surface area contributed by atoms with E-state index in [4.69, 9.17) is 11.0 Å². The molecule has 1 amide bonds. The minimum atomic E-state index is -0.743. The predicted octanol–water partition coefficient (Wildman–Crippen LogP) is 2.80. The van der Waals surface area contributed by atoms with E-state index in [0.717, 1.165) is 10.2 Å². The van der Waals surface area contributed by atoms with E-state index in [9.17, 15) is 4.79 Å². The first-order chi connectivity index (χ1) is 9.02. The number of amides is 1. The van der Waals surface area contributed by atoms with Crippen molar-refractivity contribution in [1.82, 2.24) is 0 Å². The molecule has 19 heavy (non-hydrogen) atoms. The number of carbonyl (C=O) groups excluding carboxylic acids is 1. The number of nitrogens with zero attached hydrogens (tertiary/aromatic N) is 1. The molecule has 0 aliphatic heterocycles. The molecular weight excluding hydrogens is 306 g/mol. The molecule has 1 aromatic rings. The van der Waals surface area contributed by atoms with Gasteiger partial charge >= 0.3 is 0 Å². The second kappa shape index (κ2) is 5.72. The van der Waals surface area contributed by atoms with Crippen LogP contribution in [0.1, 0.15) is 25.7 Å². The van der Waals surface area contributed by atoms with Crippen molar-refractivity contribution in [2.45, 2.75) is 31.2 Å². The summed E-state index contributed by atoms with van der Waals surface area (Å²) in [6, 6.07) is 9.64. The van der Waals surface area contributed by atoms with Crippen molar-refractivity contribution in [3.05, 3.63) is 28.7 Å². The van der Waals surface area contributed by atoms with Crippen molar-refractivity contribution in [1.29, 1.82) is 5.26 Å². The van der Waals surface area contributed by atoms with Crippen molar-refractivity contribution >= 4 is 27.5 Å². The monoisotopic (exact) mass is 321 g/mol. The third-order valence-electron chi connectivity index (χ3n) is 3.56. The normalized spacial score (nSPS) is 26.5. The van der Waals surface area contributed by atoms with E-state index in [1.54, 1.807) is 0 Å². The third kappa shape index (κ3) is 3.55. The number of hydrogen-bond acceptors (Lipinski definition) is 3. The van der Waals surface area contributed by atoms with Gasteiger partial charge < -0.3 is 11.1 Å². The maximum absolute atomic E-state index is 12.1. The van der Waals surface area contributed by atoms with Gasteiger partial charge in [-0.05, 0) is 43.9 Å². The zero-order valence-corrected chi connectivity index (χ0v) is 12.1. The highest BCUT2D eigenvalue weighted by Gasteiger charge is 2.34. The van der Waals surface area contributed by atoms with Crippen LogP contribution in [0.5, 0.6) is 0 Å². The molecule has 0 spiro atoms. The second-order valence-electron chi connectivity index (χ2n) is 5.04. The fraction of sp³-hybridized carbons (Fsp3) is 0.429.